The molecule has 0 radical (unpaired) electrons. The number of aliphatic hydroxyl groups is 1. The van der Waals surface area contributed by atoms with E-state index in [9.17, 15) is 5.11 Å². The van der Waals surface area contributed by atoms with Gasteiger partial charge in [-0.25, -0.2) is 0 Å². The average molecular weight is 233 g/mol. The van der Waals surface area contributed by atoms with Crippen molar-refractivity contribution in [1.82, 2.24) is 0 Å². The highest BCUT2D eigenvalue weighted by atomic mass is 35.5. The fraction of sp³-hybridized carbons (Fsp3) is 1.00. The van der Waals surface area contributed by atoms with Crippen LogP contribution in [0.15, 0.2) is 0 Å². The van der Waals surface area contributed by atoms with Gasteiger partial charge in [0.2, 0.25) is 0 Å². The van der Waals surface area contributed by atoms with E-state index in [2.05, 4.69) is 0 Å². The summed E-state index contributed by atoms with van der Waals surface area (Å²) in [6.07, 6.45) is 5.84. The molecule has 1 N–H and O–H groups in total. The van der Waals surface area contributed by atoms with E-state index in [1.54, 1.807) is 42.2 Å². The van der Waals surface area contributed by atoms with Crippen molar-refractivity contribution >= 4 is 46.9 Å². The van der Waals surface area contributed by atoms with Crippen LogP contribution < -0.4 is 0 Å². The van der Waals surface area contributed by atoms with Gasteiger partial charge in [0, 0.05) is 0 Å². The zero-order valence-electron chi connectivity index (χ0n) is 7.05. The van der Waals surface area contributed by atoms with Crippen molar-refractivity contribution in [2.75, 3.05) is 18.8 Å². The summed E-state index contributed by atoms with van der Waals surface area (Å²) in [5.41, 5.74) is 0. The van der Waals surface area contributed by atoms with Gasteiger partial charge < -0.3 is 5.11 Å². The SMILES string of the molecule is CSC(SC)(SC)C(C)(O)Cl. The Morgan fingerprint density at radius 2 is 1.36 bits per heavy atom. The smallest absolute Gasteiger partial charge is 0.168 e. The summed E-state index contributed by atoms with van der Waals surface area (Å²) in [5.74, 6) is 0. The van der Waals surface area contributed by atoms with Crippen LogP contribution in [0, 0.1) is 0 Å². The van der Waals surface area contributed by atoms with Crippen LogP contribution in [0.5, 0.6) is 0 Å². The molecular weight excluding hydrogens is 220 g/mol. The molecule has 0 fully saturated rings. The number of halogens is 1. The first-order chi connectivity index (χ1) is 4.93. The predicted molar refractivity (Wildman–Crippen MR) is 59.8 cm³/mol. The largest absolute Gasteiger partial charge is 0.372 e. The van der Waals surface area contributed by atoms with E-state index in [0.717, 1.165) is 0 Å². The van der Waals surface area contributed by atoms with E-state index >= 15 is 0 Å². The Kier molecular flexibility index (Phi) is 5.05. The molecule has 0 spiro atoms. The van der Waals surface area contributed by atoms with Crippen LogP contribution in [0.4, 0.5) is 0 Å². The Morgan fingerprint density at radius 3 is 1.36 bits per heavy atom. The van der Waals surface area contributed by atoms with Crippen LogP contribution in [-0.4, -0.2) is 32.3 Å². The van der Waals surface area contributed by atoms with Crippen molar-refractivity contribution in [2.24, 2.45) is 0 Å². The molecule has 0 aromatic carbocycles. The van der Waals surface area contributed by atoms with Crippen LogP contribution in [0.2, 0.25) is 0 Å². The van der Waals surface area contributed by atoms with Crippen LogP contribution in [-0.2, 0) is 0 Å². The van der Waals surface area contributed by atoms with Crippen molar-refractivity contribution in [3.05, 3.63) is 0 Å². The highest BCUT2D eigenvalue weighted by Gasteiger charge is 2.44. The Morgan fingerprint density at radius 1 is 1.09 bits per heavy atom. The molecule has 1 nitrogen and oxygen atoms in total. The maximum atomic E-state index is 9.63. The monoisotopic (exact) mass is 232 g/mol. The van der Waals surface area contributed by atoms with Crippen molar-refractivity contribution in [2.45, 2.75) is 15.4 Å². The van der Waals surface area contributed by atoms with E-state index in [1.807, 2.05) is 18.8 Å². The van der Waals surface area contributed by atoms with Gasteiger partial charge in [0.05, 0.1) is 0 Å². The predicted octanol–water partition coefficient (Wildman–Crippen LogP) is 2.68. The standard InChI is InChI=1S/C6H13ClOS3/c1-5(7,8)6(9-2,10-3)11-4/h8H,1-4H3. The number of alkyl halides is 1. The maximum Gasteiger partial charge on any atom is 0.168 e. The quantitative estimate of drug-likeness (QED) is 0.594. The molecule has 68 valence electrons. The number of hydrogen-bond donors (Lipinski definition) is 1. The summed E-state index contributed by atoms with van der Waals surface area (Å²) in [4.78, 5) is 0. The minimum absolute atomic E-state index is 0.367. The Hall–Kier alpha value is 1.30. The van der Waals surface area contributed by atoms with Crippen LogP contribution >= 0.6 is 46.9 Å². The molecule has 1 atom stereocenters. The van der Waals surface area contributed by atoms with Gasteiger partial charge in [0.1, 0.15) is 3.41 Å². The van der Waals surface area contributed by atoms with E-state index in [-0.39, 0.29) is 3.41 Å². The molecule has 0 rings (SSSR count). The van der Waals surface area contributed by atoms with Gasteiger partial charge in [-0.15, -0.1) is 35.3 Å². The maximum absolute atomic E-state index is 9.63. The molecular formula is C6H13ClOS3. The molecule has 1 unspecified atom stereocenters. The first kappa shape index (κ1) is 12.3. The van der Waals surface area contributed by atoms with Gasteiger partial charge in [-0.05, 0) is 25.7 Å². The molecule has 0 aliphatic rings. The summed E-state index contributed by atoms with van der Waals surface area (Å²) >= 11 is 10.6. The topological polar surface area (TPSA) is 20.2 Å². The first-order valence-electron chi connectivity index (χ1n) is 3.00. The summed E-state index contributed by atoms with van der Waals surface area (Å²) in [6, 6.07) is 0. The summed E-state index contributed by atoms with van der Waals surface area (Å²) in [7, 11) is 0. The Balaban J connectivity index is 4.54. The molecule has 0 aromatic heterocycles. The van der Waals surface area contributed by atoms with Crippen molar-refractivity contribution < 1.29 is 5.11 Å². The lowest BCUT2D eigenvalue weighted by Crippen LogP contribution is -2.38. The van der Waals surface area contributed by atoms with E-state index in [1.165, 1.54) is 0 Å². The summed E-state index contributed by atoms with van der Waals surface area (Å²) in [6.45, 7) is 1.62. The van der Waals surface area contributed by atoms with Gasteiger partial charge in [0.25, 0.3) is 0 Å². The molecule has 5 heteroatoms. The van der Waals surface area contributed by atoms with E-state index < -0.39 is 5.06 Å². The zero-order valence-corrected chi connectivity index (χ0v) is 10.3. The molecule has 0 aliphatic carbocycles. The van der Waals surface area contributed by atoms with Crippen LogP contribution in [0.25, 0.3) is 0 Å². The molecule has 0 aromatic rings. The second kappa shape index (κ2) is 4.51. The molecule has 0 aliphatic heterocycles. The molecule has 0 saturated carbocycles. The fourth-order valence-corrected chi connectivity index (χ4v) is 4.62. The minimum Gasteiger partial charge on any atom is -0.372 e. The second-order valence-electron chi connectivity index (χ2n) is 2.12. The average Bonchev–Trinajstić information content (AvgIpc) is 1.90. The number of thioether (sulfide) groups is 3. The second-order valence-corrected chi connectivity index (χ2v) is 6.70. The molecule has 0 bridgehead atoms. The lowest BCUT2D eigenvalue weighted by atomic mass is 10.4. The highest BCUT2D eigenvalue weighted by molar-refractivity contribution is 8.33. The molecule has 0 amide bonds. The third-order valence-corrected chi connectivity index (χ3v) is 7.79. The third-order valence-electron chi connectivity index (χ3n) is 1.37. The first-order valence-corrected chi connectivity index (χ1v) is 7.05. The zero-order chi connectivity index (χ0) is 9.12. The van der Waals surface area contributed by atoms with Crippen LogP contribution in [0.1, 0.15) is 6.92 Å². The molecule has 11 heavy (non-hydrogen) atoms. The fourth-order valence-electron chi connectivity index (χ4n) is 0.809. The lowest BCUT2D eigenvalue weighted by Gasteiger charge is -2.36. The van der Waals surface area contributed by atoms with Gasteiger partial charge in [0.15, 0.2) is 5.06 Å². The van der Waals surface area contributed by atoms with E-state index in [0.29, 0.717) is 0 Å². The summed E-state index contributed by atoms with van der Waals surface area (Å²) in [5, 5.41) is 8.46. The van der Waals surface area contributed by atoms with Gasteiger partial charge >= 0.3 is 0 Å². The van der Waals surface area contributed by atoms with Crippen molar-refractivity contribution in [3.63, 3.8) is 0 Å². The molecule has 0 heterocycles. The molecule has 0 saturated heterocycles. The van der Waals surface area contributed by atoms with Crippen molar-refractivity contribution in [1.29, 1.82) is 0 Å². The highest BCUT2D eigenvalue weighted by Crippen LogP contribution is 2.52. The number of rotatable bonds is 4. The third kappa shape index (κ3) is 2.62. The van der Waals surface area contributed by atoms with Crippen molar-refractivity contribution in [3.8, 4) is 0 Å². The van der Waals surface area contributed by atoms with E-state index in [4.69, 9.17) is 11.6 Å². The Bertz CT molecular complexity index is 111. The number of hydrogen-bond acceptors (Lipinski definition) is 4. The normalized spacial score (nSPS) is 18.0. The Labute approximate surface area is 86.0 Å². The van der Waals surface area contributed by atoms with Gasteiger partial charge in [-0.3, -0.25) is 0 Å². The van der Waals surface area contributed by atoms with Gasteiger partial charge in [-0.2, -0.15) is 0 Å². The van der Waals surface area contributed by atoms with Gasteiger partial charge in [-0.1, -0.05) is 11.6 Å². The lowest BCUT2D eigenvalue weighted by molar-refractivity contribution is 0.160. The summed E-state index contributed by atoms with van der Waals surface area (Å²) < 4.78 is -0.367. The minimum atomic E-state index is -1.18. The van der Waals surface area contributed by atoms with Crippen LogP contribution in [0.3, 0.4) is 0 Å².